The molecule has 4 aliphatic rings. The number of benzene rings is 4. The molecule has 57 heavy (non-hydrogen) atoms. The number of nitrogens with one attached hydrogen (secondary N) is 1. The fourth-order valence-corrected chi connectivity index (χ4v) is 8.19. The largest absolute Gasteiger partial charge is 0.493 e. The summed E-state index contributed by atoms with van der Waals surface area (Å²) in [5.74, 6) is 2.63. The molecule has 4 aliphatic heterocycles. The van der Waals surface area contributed by atoms with Crippen molar-refractivity contribution in [2.24, 2.45) is 0 Å². The molecule has 9 rings (SSSR count). The molecule has 6 bridgehead atoms. The van der Waals surface area contributed by atoms with Crippen LogP contribution >= 0.6 is 0 Å². The molecule has 0 saturated carbocycles. The summed E-state index contributed by atoms with van der Waals surface area (Å²) in [6.07, 6.45) is 2.68. The highest BCUT2D eigenvalue weighted by Gasteiger charge is 2.35. The van der Waals surface area contributed by atoms with Gasteiger partial charge in [0.1, 0.15) is 10.7 Å². The van der Waals surface area contributed by atoms with Crippen LogP contribution in [-0.2, 0) is 25.7 Å². The predicted molar refractivity (Wildman–Crippen MR) is 211 cm³/mol. The van der Waals surface area contributed by atoms with Crippen LogP contribution in [0, 0.1) is 10.1 Å². The number of anilines is 1. The molecule has 1 N–H and O–H groups in total. The third-order valence-corrected chi connectivity index (χ3v) is 11.2. The van der Waals surface area contributed by atoms with Crippen LogP contribution in [0.25, 0.3) is 0 Å². The first-order valence-corrected chi connectivity index (χ1v) is 18.7. The maximum absolute atomic E-state index is 13.6. The van der Waals surface area contributed by atoms with Crippen molar-refractivity contribution >= 4 is 17.5 Å². The lowest BCUT2D eigenvalue weighted by atomic mass is 9.86. The SMILES string of the molecule is COc1cc(NC(=O)c2ccc([N+](=O)[O-])o2)c2cc1Oc1ccc(cc1)C[C@H]1c3cc(c(OC)cc3CCN1C)Oc1c(OC)c(OC)cc3c1[C@H](C2)N(C)CC3. The van der Waals surface area contributed by atoms with E-state index in [2.05, 4.69) is 46.4 Å². The topological polar surface area (TPSA) is 147 Å². The Bertz CT molecular complexity index is 2360. The summed E-state index contributed by atoms with van der Waals surface area (Å²) in [5, 5.41) is 14.3. The first-order valence-electron chi connectivity index (χ1n) is 18.7. The van der Waals surface area contributed by atoms with Gasteiger partial charge in [-0.1, -0.05) is 12.1 Å². The lowest BCUT2D eigenvalue weighted by Gasteiger charge is -2.37. The Hall–Kier alpha value is -6.25. The maximum atomic E-state index is 13.6. The van der Waals surface area contributed by atoms with E-state index in [0.29, 0.717) is 76.6 Å². The van der Waals surface area contributed by atoms with Crippen molar-refractivity contribution in [2.45, 2.75) is 37.8 Å². The molecule has 5 heterocycles. The van der Waals surface area contributed by atoms with E-state index in [4.69, 9.17) is 32.8 Å². The summed E-state index contributed by atoms with van der Waals surface area (Å²) in [4.78, 5) is 28.9. The van der Waals surface area contributed by atoms with E-state index >= 15 is 0 Å². The molecule has 296 valence electrons. The van der Waals surface area contributed by atoms with Gasteiger partial charge in [0, 0.05) is 42.5 Å². The first-order chi connectivity index (χ1) is 27.6. The van der Waals surface area contributed by atoms with Gasteiger partial charge in [0.15, 0.2) is 40.3 Å². The Morgan fingerprint density at radius 2 is 1.42 bits per heavy atom. The Balaban J connectivity index is 1.34. The van der Waals surface area contributed by atoms with Gasteiger partial charge in [-0.2, -0.15) is 0 Å². The molecule has 14 heteroatoms. The normalized spacial score (nSPS) is 17.6. The van der Waals surface area contributed by atoms with E-state index in [1.54, 1.807) is 27.4 Å². The van der Waals surface area contributed by atoms with Gasteiger partial charge >= 0.3 is 5.88 Å². The van der Waals surface area contributed by atoms with Crippen molar-refractivity contribution in [3.8, 4) is 46.0 Å². The van der Waals surface area contributed by atoms with Crippen LogP contribution in [0.5, 0.6) is 46.0 Å². The van der Waals surface area contributed by atoms with Crippen LogP contribution in [0.1, 0.15) is 56.0 Å². The molecular weight excluding hydrogens is 732 g/mol. The van der Waals surface area contributed by atoms with Gasteiger partial charge in [0.05, 0.1) is 34.5 Å². The number of hydrogen-bond acceptors (Lipinski definition) is 12. The average molecular weight is 777 g/mol. The molecule has 0 spiro atoms. The third-order valence-electron chi connectivity index (χ3n) is 11.2. The van der Waals surface area contributed by atoms with Gasteiger partial charge in [-0.3, -0.25) is 24.7 Å². The fourth-order valence-electron chi connectivity index (χ4n) is 8.19. The molecule has 2 atom stereocenters. The van der Waals surface area contributed by atoms with E-state index < -0.39 is 16.7 Å². The molecule has 1 amide bonds. The van der Waals surface area contributed by atoms with Crippen LogP contribution in [0.2, 0.25) is 0 Å². The van der Waals surface area contributed by atoms with E-state index in [9.17, 15) is 14.9 Å². The fraction of sp³-hybridized carbons (Fsp3) is 0.326. The van der Waals surface area contributed by atoms with Crippen molar-refractivity contribution in [3.63, 3.8) is 0 Å². The minimum absolute atomic E-state index is 0.0744. The Kier molecular flexibility index (Phi) is 10.1. The zero-order valence-electron chi connectivity index (χ0n) is 32.7. The second-order valence-electron chi connectivity index (χ2n) is 14.5. The summed E-state index contributed by atoms with van der Waals surface area (Å²) in [6, 6.07) is 19.9. The molecule has 0 unspecified atom stereocenters. The van der Waals surface area contributed by atoms with Crippen molar-refractivity contribution < 1.29 is 42.6 Å². The van der Waals surface area contributed by atoms with Crippen LogP contribution in [-0.4, -0.2) is 76.3 Å². The molecule has 14 nitrogen and oxygen atoms in total. The number of amides is 1. The highest BCUT2D eigenvalue weighted by Crippen LogP contribution is 2.52. The van der Waals surface area contributed by atoms with Gasteiger partial charge in [0.2, 0.25) is 5.75 Å². The van der Waals surface area contributed by atoms with Crippen LogP contribution < -0.4 is 33.7 Å². The summed E-state index contributed by atoms with van der Waals surface area (Å²) < 4.78 is 42.6. The van der Waals surface area contributed by atoms with Gasteiger partial charge in [-0.15, -0.1) is 0 Å². The highest BCUT2D eigenvalue weighted by atomic mass is 16.6. The van der Waals surface area contributed by atoms with Gasteiger partial charge in [-0.25, -0.2) is 0 Å². The number of methoxy groups -OCH3 is 4. The van der Waals surface area contributed by atoms with Crippen LogP contribution in [0.3, 0.4) is 0 Å². The number of nitrogens with zero attached hydrogens (tertiary/aromatic N) is 3. The van der Waals surface area contributed by atoms with Crippen LogP contribution in [0.15, 0.2) is 71.1 Å². The maximum Gasteiger partial charge on any atom is 0.433 e. The average Bonchev–Trinajstić information content (AvgIpc) is 3.72. The van der Waals surface area contributed by atoms with Gasteiger partial charge in [0.25, 0.3) is 5.91 Å². The second-order valence-corrected chi connectivity index (χ2v) is 14.5. The van der Waals surface area contributed by atoms with E-state index in [-0.39, 0.29) is 17.8 Å². The standard InChI is InChI=1S/C43H44N4O10/c1-45-15-13-25-19-34(51-3)37-22-29(25)31(45)17-24-7-9-28(10-8-24)55-36-21-27(30(23-35(36)52-4)44-43(48)33-11-12-39(56-33)47(49)50)18-32-40-26(14-16-46(32)2)20-38(53-5)41(54-6)42(40)57-37/h7-12,19-23,31-32H,13-18H2,1-6H3,(H,44,48)/t31-,32-/m0/s1. The Morgan fingerprint density at radius 3 is 2.11 bits per heavy atom. The minimum Gasteiger partial charge on any atom is -0.493 e. The van der Waals surface area contributed by atoms with Crippen molar-refractivity contribution in [1.29, 1.82) is 0 Å². The molecule has 5 aromatic rings. The first kappa shape index (κ1) is 37.7. The molecule has 4 aromatic carbocycles. The predicted octanol–water partition coefficient (Wildman–Crippen LogP) is 7.92. The van der Waals surface area contributed by atoms with E-state index in [0.717, 1.165) is 47.7 Å². The summed E-state index contributed by atoms with van der Waals surface area (Å²) in [6.45, 7) is 1.61. The number of rotatable bonds is 7. The van der Waals surface area contributed by atoms with Crippen molar-refractivity contribution in [3.05, 3.63) is 116 Å². The highest BCUT2D eigenvalue weighted by molar-refractivity contribution is 6.03. The van der Waals surface area contributed by atoms with E-state index in [1.165, 1.54) is 18.7 Å². The molecule has 1 aromatic heterocycles. The molecule has 0 saturated heterocycles. The zero-order chi connectivity index (χ0) is 40.0. The minimum atomic E-state index is -0.692. The molecule has 0 fully saturated rings. The number of furan rings is 1. The van der Waals surface area contributed by atoms with Gasteiger partial charge < -0.3 is 38.2 Å². The lowest BCUT2D eigenvalue weighted by Crippen LogP contribution is -2.34. The lowest BCUT2D eigenvalue weighted by molar-refractivity contribution is -0.402. The summed E-state index contributed by atoms with van der Waals surface area (Å²) >= 11 is 0. The number of nitro groups is 1. The number of likely N-dealkylation sites (N-methyl/N-ethyl adjacent to an activating group) is 2. The van der Waals surface area contributed by atoms with Crippen molar-refractivity contribution in [1.82, 2.24) is 9.80 Å². The third kappa shape index (κ3) is 7.06. The number of ether oxygens (including phenoxy) is 6. The number of fused-ring (bicyclic) bond motifs is 2. The Labute approximate surface area is 329 Å². The molecule has 0 aliphatic carbocycles. The second kappa shape index (κ2) is 15.4. The number of hydrogen-bond donors (Lipinski definition) is 1. The summed E-state index contributed by atoms with van der Waals surface area (Å²) in [7, 11) is 10.6. The quantitative estimate of drug-likeness (QED) is 0.127. The Morgan fingerprint density at radius 1 is 0.754 bits per heavy atom. The molecular formula is C43H44N4O10. The zero-order valence-corrected chi connectivity index (χ0v) is 32.7. The monoisotopic (exact) mass is 776 g/mol. The molecule has 0 radical (unpaired) electrons. The number of carbonyl (C=O) groups is 1. The van der Waals surface area contributed by atoms with E-state index in [1.807, 2.05) is 31.3 Å². The number of carbonyl (C=O) groups excluding carboxylic acids is 1. The summed E-state index contributed by atoms with van der Waals surface area (Å²) in [5.41, 5.74) is 6.51. The van der Waals surface area contributed by atoms with Crippen molar-refractivity contribution in [2.75, 3.05) is 60.9 Å². The van der Waals surface area contributed by atoms with Gasteiger partial charge in [-0.05, 0) is 110 Å². The van der Waals surface area contributed by atoms with Crippen LogP contribution in [0.4, 0.5) is 11.6 Å². The smallest absolute Gasteiger partial charge is 0.433 e.